The largest absolute Gasteiger partial charge is 0.444 e. The zero-order valence-corrected chi connectivity index (χ0v) is 11.6. The number of aliphatic hydroxyl groups excluding tert-OH is 1. The zero-order valence-electron chi connectivity index (χ0n) is 11.6. The van der Waals surface area contributed by atoms with Crippen LogP contribution in [0.15, 0.2) is 0 Å². The minimum atomic E-state index is -0.477. The number of carbonyl (C=O) groups is 1. The van der Waals surface area contributed by atoms with Crippen LogP contribution in [-0.4, -0.2) is 42.0 Å². The summed E-state index contributed by atoms with van der Waals surface area (Å²) in [6.07, 6.45) is 0.372. The van der Waals surface area contributed by atoms with Crippen molar-refractivity contribution >= 4 is 6.09 Å². The highest BCUT2D eigenvalue weighted by molar-refractivity contribution is 5.68. The Labute approximate surface area is 104 Å². The monoisotopic (exact) mass is 246 g/mol. The Morgan fingerprint density at radius 3 is 2.24 bits per heavy atom. The van der Waals surface area contributed by atoms with Gasteiger partial charge in [0.2, 0.25) is 0 Å². The number of amides is 1. The fourth-order valence-corrected chi connectivity index (χ4v) is 1.25. The minimum absolute atomic E-state index is 0.125. The molecular weight excluding hydrogens is 220 g/mol. The molecule has 1 amide bonds. The lowest BCUT2D eigenvalue weighted by molar-refractivity contribution is 0.0468. The van der Waals surface area contributed by atoms with Gasteiger partial charge in [0.15, 0.2) is 0 Å². The number of nitrogens with one attached hydrogen (secondary N) is 2. The van der Waals surface area contributed by atoms with Crippen molar-refractivity contribution in [2.75, 3.05) is 19.7 Å². The van der Waals surface area contributed by atoms with Gasteiger partial charge in [0.25, 0.3) is 0 Å². The topological polar surface area (TPSA) is 70.6 Å². The molecule has 0 unspecified atom stereocenters. The molecule has 0 saturated heterocycles. The van der Waals surface area contributed by atoms with E-state index in [0.717, 1.165) is 13.0 Å². The van der Waals surface area contributed by atoms with Crippen LogP contribution in [0.1, 0.15) is 41.0 Å². The van der Waals surface area contributed by atoms with E-state index in [2.05, 4.69) is 10.6 Å². The third kappa shape index (κ3) is 10.1. The van der Waals surface area contributed by atoms with E-state index in [1.165, 1.54) is 0 Å². The number of hydrogen-bond donors (Lipinski definition) is 3. The summed E-state index contributed by atoms with van der Waals surface area (Å²) in [5.41, 5.74) is -0.805. The van der Waals surface area contributed by atoms with E-state index in [4.69, 9.17) is 9.84 Å². The normalized spacial score (nSPS) is 12.4. The van der Waals surface area contributed by atoms with Crippen molar-refractivity contribution in [3.05, 3.63) is 0 Å². The van der Waals surface area contributed by atoms with Gasteiger partial charge in [0.1, 0.15) is 5.60 Å². The van der Waals surface area contributed by atoms with E-state index < -0.39 is 11.7 Å². The summed E-state index contributed by atoms with van der Waals surface area (Å²) in [6.45, 7) is 10.8. The van der Waals surface area contributed by atoms with Crippen LogP contribution in [0.3, 0.4) is 0 Å². The summed E-state index contributed by atoms with van der Waals surface area (Å²) in [5, 5.41) is 14.5. The lowest BCUT2D eigenvalue weighted by atomic mass is 10.0. The number of carbonyl (C=O) groups excluding carboxylic acids is 1. The molecule has 0 bridgehead atoms. The summed E-state index contributed by atoms with van der Waals surface area (Å²) in [7, 11) is 0. The van der Waals surface area contributed by atoms with Gasteiger partial charge in [-0.05, 0) is 47.6 Å². The summed E-state index contributed by atoms with van der Waals surface area (Å²) in [4.78, 5) is 11.6. The molecule has 5 heteroatoms. The molecule has 0 aliphatic carbocycles. The lowest BCUT2D eigenvalue weighted by Crippen LogP contribution is -2.47. The molecule has 3 N–H and O–H groups in total. The van der Waals surface area contributed by atoms with Crippen molar-refractivity contribution in [2.24, 2.45) is 0 Å². The van der Waals surface area contributed by atoms with Crippen LogP contribution in [0.25, 0.3) is 0 Å². The van der Waals surface area contributed by atoms with Crippen molar-refractivity contribution in [3.8, 4) is 0 Å². The molecule has 17 heavy (non-hydrogen) atoms. The summed E-state index contributed by atoms with van der Waals surface area (Å²) < 4.78 is 5.19. The molecule has 0 aromatic carbocycles. The van der Waals surface area contributed by atoms with Crippen molar-refractivity contribution in [1.82, 2.24) is 10.6 Å². The fourth-order valence-electron chi connectivity index (χ4n) is 1.25. The van der Waals surface area contributed by atoms with E-state index in [1.807, 2.05) is 34.6 Å². The van der Waals surface area contributed by atoms with Crippen LogP contribution >= 0.6 is 0 Å². The first-order valence-electron chi connectivity index (χ1n) is 5.99. The third-order valence-electron chi connectivity index (χ3n) is 2.05. The van der Waals surface area contributed by atoms with E-state index in [0.29, 0.717) is 6.54 Å². The lowest BCUT2D eigenvalue weighted by Gasteiger charge is -2.28. The van der Waals surface area contributed by atoms with Gasteiger partial charge in [-0.3, -0.25) is 0 Å². The Kier molecular flexibility index (Phi) is 6.49. The quantitative estimate of drug-likeness (QED) is 0.617. The van der Waals surface area contributed by atoms with Gasteiger partial charge >= 0.3 is 6.09 Å². The fraction of sp³-hybridized carbons (Fsp3) is 0.917. The van der Waals surface area contributed by atoms with Gasteiger partial charge < -0.3 is 20.5 Å². The molecule has 5 nitrogen and oxygen atoms in total. The molecule has 0 rings (SSSR count). The zero-order chi connectivity index (χ0) is 13.5. The van der Waals surface area contributed by atoms with Crippen LogP contribution in [0.4, 0.5) is 4.79 Å². The van der Waals surface area contributed by atoms with E-state index >= 15 is 0 Å². The molecule has 0 fully saturated rings. The minimum Gasteiger partial charge on any atom is -0.444 e. The highest BCUT2D eigenvalue weighted by Gasteiger charge is 2.23. The Balaban J connectivity index is 3.94. The maximum Gasteiger partial charge on any atom is 0.408 e. The van der Waals surface area contributed by atoms with Crippen molar-refractivity contribution in [1.29, 1.82) is 0 Å². The SMILES string of the molecule is CC(C)(CCNCCO)NC(=O)OC(C)(C)C. The molecule has 102 valence electrons. The van der Waals surface area contributed by atoms with Crippen LogP contribution in [0, 0.1) is 0 Å². The molecular formula is C12H26N2O3. The molecule has 0 spiro atoms. The molecule has 0 radical (unpaired) electrons. The Hall–Kier alpha value is -0.810. The number of rotatable bonds is 6. The first kappa shape index (κ1) is 16.2. The molecule has 0 aliphatic rings. The van der Waals surface area contributed by atoms with Gasteiger partial charge in [-0.25, -0.2) is 4.79 Å². The molecule has 0 aromatic heterocycles. The molecule has 0 heterocycles. The van der Waals surface area contributed by atoms with E-state index in [1.54, 1.807) is 0 Å². The second-order valence-corrected chi connectivity index (χ2v) is 5.73. The van der Waals surface area contributed by atoms with Crippen molar-refractivity contribution in [3.63, 3.8) is 0 Å². The van der Waals surface area contributed by atoms with Gasteiger partial charge in [-0.15, -0.1) is 0 Å². The van der Waals surface area contributed by atoms with Crippen LogP contribution in [0.2, 0.25) is 0 Å². The predicted molar refractivity (Wildman–Crippen MR) is 68.0 cm³/mol. The highest BCUT2D eigenvalue weighted by Crippen LogP contribution is 2.11. The second kappa shape index (κ2) is 6.81. The molecule has 0 aromatic rings. The summed E-state index contributed by atoms with van der Waals surface area (Å²) in [5.74, 6) is 0. The number of hydrogen-bond acceptors (Lipinski definition) is 4. The van der Waals surface area contributed by atoms with Gasteiger partial charge in [0, 0.05) is 12.1 Å². The highest BCUT2D eigenvalue weighted by atomic mass is 16.6. The Morgan fingerprint density at radius 2 is 1.76 bits per heavy atom. The van der Waals surface area contributed by atoms with Crippen molar-refractivity contribution < 1.29 is 14.6 Å². The van der Waals surface area contributed by atoms with Gasteiger partial charge in [-0.1, -0.05) is 0 Å². The Morgan fingerprint density at radius 1 is 1.18 bits per heavy atom. The standard InChI is InChI=1S/C12H26N2O3/c1-11(2,3)17-10(16)14-12(4,5)6-7-13-8-9-15/h13,15H,6-9H2,1-5H3,(H,14,16). The first-order chi connectivity index (χ1) is 7.66. The average molecular weight is 246 g/mol. The summed E-state index contributed by atoms with van der Waals surface area (Å²) in [6, 6.07) is 0. The average Bonchev–Trinajstić information content (AvgIpc) is 2.08. The van der Waals surface area contributed by atoms with Gasteiger partial charge in [-0.2, -0.15) is 0 Å². The van der Waals surface area contributed by atoms with Crippen LogP contribution < -0.4 is 10.6 Å². The van der Waals surface area contributed by atoms with Crippen LogP contribution in [-0.2, 0) is 4.74 Å². The maximum absolute atomic E-state index is 11.6. The smallest absolute Gasteiger partial charge is 0.408 e. The van der Waals surface area contributed by atoms with E-state index in [-0.39, 0.29) is 12.1 Å². The molecule has 0 atom stereocenters. The van der Waals surface area contributed by atoms with Gasteiger partial charge in [0.05, 0.1) is 6.61 Å². The first-order valence-corrected chi connectivity index (χ1v) is 5.99. The number of ether oxygens (including phenoxy) is 1. The third-order valence-corrected chi connectivity index (χ3v) is 2.05. The Bertz CT molecular complexity index is 234. The number of aliphatic hydroxyl groups is 1. The molecule has 0 aliphatic heterocycles. The summed E-state index contributed by atoms with van der Waals surface area (Å²) >= 11 is 0. The predicted octanol–water partition coefficient (Wildman–Crippen LogP) is 1.26. The van der Waals surface area contributed by atoms with Crippen LogP contribution in [0.5, 0.6) is 0 Å². The molecule has 0 saturated carbocycles. The van der Waals surface area contributed by atoms with Crippen molar-refractivity contribution in [2.45, 2.75) is 52.2 Å². The number of alkyl carbamates (subject to hydrolysis) is 1. The maximum atomic E-state index is 11.6. The van der Waals surface area contributed by atoms with E-state index in [9.17, 15) is 4.79 Å². The second-order valence-electron chi connectivity index (χ2n) is 5.73.